The van der Waals surface area contributed by atoms with Gasteiger partial charge in [0.2, 0.25) is 11.8 Å². The van der Waals surface area contributed by atoms with Crippen molar-refractivity contribution in [3.63, 3.8) is 0 Å². The summed E-state index contributed by atoms with van der Waals surface area (Å²) in [7, 11) is 0. The zero-order chi connectivity index (χ0) is 21.1. The second kappa shape index (κ2) is 8.95. The highest BCUT2D eigenvalue weighted by molar-refractivity contribution is 7.18. The molecule has 30 heavy (non-hydrogen) atoms. The third-order valence-electron chi connectivity index (χ3n) is 5.40. The van der Waals surface area contributed by atoms with Gasteiger partial charge in [-0.25, -0.2) is 9.78 Å². The highest BCUT2D eigenvalue weighted by Crippen LogP contribution is 2.34. The number of carbonyl (C=O) groups excluding carboxylic acids is 3. The molecule has 1 aromatic carbocycles. The van der Waals surface area contributed by atoms with Gasteiger partial charge in [0.1, 0.15) is 4.88 Å². The van der Waals surface area contributed by atoms with E-state index in [4.69, 9.17) is 4.74 Å². The van der Waals surface area contributed by atoms with E-state index in [2.05, 4.69) is 10.3 Å². The van der Waals surface area contributed by atoms with Crippen LogP contribution in [0, 0.1) is 11.8 Å². The molecule has 0 radical (unpaired) electrons. The predicted molar refractivity (Wildman–Crippen MR) is 114 cm³/mol. The number of benzene rings is 1. The van der Waals surface area contributed by atoms with Crippen molar-refractivity contribution in [3.05, 3.63) is 35.2 Å². The molecule has 2 aliphatic rings. The second-order valence-corrected chi connectivity index (χ2v) is 8.67. The number of esters is 1. The largest absolute Gasteiger partial charge is 0.462 e. The minimum atomic E-state index is -0.451. The number of nitrogens with one attached hydrogen (secondary N) is 1. The molecule has 1 aliphatic carbocycles. The smallest absolute Gasteiger partial charge is 0.350 e. The van der Waals surface area contributed by atoms with Crippen molar-refractivity contribution < 1.29 is 19.1 Å². The van der Waals surface area contributed by atoms with E-state index in [0.717, 1.165) is 49.1 Å². The van der Waals surface area contributed by atoms with Gasteiger partial charge in [-0.15, -0.1) is 0 Å². The first-order valence-electron chi connectivity index (χ1n) is 10.4. The summed E-state index contributed by atoms with van der Waals surface area (Å²) >= 11 is 1.12. The number of rotatable bonds is 6. The van der Waals surface area contributed by atoms with Gasteiger partial charge in [-0.05, 0) is 32.6 Å². The van der Waals surface area contributed by atoms with Gasteiger partial charge in [0.15, 0.2) is 5.13 Å². The number of amides is 2. The third kappa shape index (κ3) is 4.53. The van der Waals surface area contributed by atoms with E-state index < -0.39 is 5.97 Å². The first-order chi connectivity index (χ1) is 14.6. The maximum atomic E-state index is 12.9. The summed E-state index contributed by atoms with van der Waals surface area (Å²) in [6.45, 7) is 3.19. The molecule has 1 aliphatic heterocycles. The Kier molecular flexibility index (Phi) is 6.13. The van der Waals surface area contributed by atoms with Gasteiger partial charge in [-0.3, -0.25) is 9.59 Å². The molecule has 158 valence electrons. The molecule has 1 atom stereocenters. The van der Waals surface area contributed by atoms with Crippen LogP contribution in [0.2, 0.25) is 0 Å². The molecule has 1 N–H and O–H groups in total. The van der Waals surface area contributed by atoms with E-state index in [9.17, 15) is 14.4 Å². The van der Waals surface area contributed by atoms with Crippen molar-refractivity contribution in [1.82, 2.24) is 9.88 Å². The first-order valence-corrected chi connectivity index (χ1v) is 11.2. The fraction of sp³-hybridized carbons (Fsp3) is 0.455. The molecule has 2 heterocycles. The zero-order valence-corrected chi connectivity index (χ0v) is 17.7. The number of hydrogen-bond acceptors (Lipinski definition) is 6. The Labute approximate surface area is 179 Å². The van der Waals surface area contributed by atoms with E-state index in [0.29, 0.717) is 22.2 Å². The quantitative estimate of drug-likeness (QED) is 0.712. The lowest BCUT2D eigenvalue weighted by atomic mass is 9.97. The molecule has 1 saturated heterocycles. The Morgan fingerprint density at radius 2 is 1.93 bits per heavy atom. The average molecular weight is 428 g/mol. The third-order valence-corrected chi connectivity index (χ3v) is 6.35. The standard InChI is InChI=1S/C22H25N3O4S/c1-2-29-21(28)18-17(14-7-4-3-5-8-14)23-22(30-18)24-19(26)16-9-6-12-25(13-16)20(27)15-10-11-15/h3-5,7-8,15-16H,2,6,9-13H2,1H3,(H,23,24,26). The highest BCUT2D eigenvalue weighted by atomic mass is 32.1. The minimum absolute atomic E-state index is 0.159. The Morgan fingerprint density at radius 3 is 2.63 bits per heavy atom. The molecule has 2 amide bonds. The second-order valence-electron chi connectivity index (χ2n) is 7.67. The lowest BCUT2D eigenvalue weighted by Crippen LogP contribution is -2.44. The van der Waals surface area contributed by atoms with Crippen LogP contribution in [0.5, 0.6) is 0 Å². The SMILES string of the molecule is CCOC(=O)c1sc(NC(=O)C2CCCN(C(=O)C3CC3)C2)nc1-c1ccccc1. The summed E-state index contributed by atoms with van der Waals surface area (Å²) in [4.78, 5) is 44.4. The number of likely N-dealkylation sites (tertiary alicyclic amines) is 1. The van der Waals surface area contributed by atoms with Gasteiger partial charge < -0.3 is 15.0 Å². The van der Waals surface area contributed by atoms with Gasteiger partial charge in [0.05, 0.1) is 18.2 Å². The molecule has 0 bridgehead atoms. The fourth-order valence-corrected chi connectivity index (χ4v) is 4.57. The van der Waals surface area contributed by atoms with E-state index >= 15 is 0 Å². The number of carbonyl (C=O) groups is 3. The Bertz CT molecular complexity index is 939. The summed E-state index contributed by atoms with van der Waals surface area (Å²) in [5.41, 5.74) is 1.29. The first kappa shape index (κ1) is 20.5. The van der Waals surface area contributed by atoms with Gasteiger partial charge in [-0.1, -0.05) is 41.7 Å². The molecular formula is C22H25N3O4S. The monoisotopic (exact) mass is 427 g/mol. The molecular weight excluding hydrogens is 402 g/mol. The molecule has 8 heteroatoms. The van der Waals surface area contributed by atoms with Crippen LogP contribution in [0.15, 0.2) is 30.3 Å². The molecule has 7 nitrogen and oxygen atoms in total. The van der Waals surface area contributed by atoms with Gasteiger partial charge in [-0.2, -0.15) is 0 Å². The van der Waals surface area contributed by atoms with Crippen LogP contribution in [0.1, 0.15) is 42.3 Å². The molecule has 2 aromatic rings. The van der Waals surface area contributed by atoms with Gasteiger partial charge >= 0.3 is 5.97 Å². The maximum absolute atomic E-state index is 12.9. The van der Waals surface area contributed by atoms with E-state index in [1.165, 1.54) is 0 Å². The van der Waals surface area contributed by atoms with Crippen LogP contribution in [0.4, 0.5) is 5.13 Å². The number of hydrogen-bond donors (Lipinski definition) is 1. The molecule has 1 saturated carbocycles. The lowest BCUT2D eigenvalue weighted by Gasteiger charge is -2.32. The van der Waals surface area contributed by atoms with E-state index in [-0.39, 0.29) is 30.3 Å². The van der Waals surface area contributed by atoms with Crippen LogP contribution in [-0.4, -0.2) is 47.4 Å². The highest BCUT2D eigenvalue weighted by Gasteiger charge is 2.37. The molecule has 4 rings (SSSR count). The minimum Gasteiger partial charge on any atom is -0.462 e. The number of aromatic nitrogens is 1. The molecule has 2 fully saturated rings. The van der Waals surface area contributed by atoms with E-state index in [1.807, 2.05) is 35.2 Å². The van der Waals surface area contributed by atoms with Gasteiger partial charge in [0, 0.05) is 24.6 Å². The summed E-state index contributed by atoms with van der Waals surface area (Å²) in [5, 5.41) is 3.23. The van der Waals surface area contributed by atoms with Crippen molar-refractivity contribution in [3.8, 4) is 11.3 Å². The predicted octanol–water partition coefficient (Wildman–Crippen LogP) is 3.57. The number of ether oxygens (including phenoxy) is 1. The van der Waals surface area contributed by atoms with Crippen LogP contribution < -0.4 is 5.32 Å². The van der Waals surface area contributed by atoms with Crippen LogP contribution in [-0.2, 0) is 14.3 Å². The van der Waals surface area contributed by atoms with Crippen molar-refractivity contribution in [1.29, 1.82) is 0 Å². The number of thiazole rings is 1. The number of nitrogens with zero attached hydrogens (tertiary/aromatic N) is 2. The van der Waals surface area contributed by atoms with Crippen LogP contribution in [0.3, 0.4) is 0 Å². The zero-order valence-electron chi connectivity index (χ0n) is 16.9. The van der Waals surface area contributed by atoms with E-state index in [1.54, 1.807) is 6.92 Å². The molecule has 1 aromatic heterocycles. The Morgan fingerprint density at radius 1 is 1.17 bits per heavy atom. The number of piperidine rings is 1. The lowest BCUT2D eigenvalue weighted by molar-refractivity contribution is -0.135. The molecule has 1 unspecified atom stereocenters. The Balaban J connectivity index is 1.50. The summed E-state index contributed by atoms with van der Waals surface area (Å²) in [6, 6.07) is 9.36. The Hall–Kier alpha value is -2.74. The molecule has 0 spiro atoms. The average Bonchev–Trinajstić information content (AvgIpc) is 3.54. The normalized spacial score (nSPS) is 18.7. The topological polar surface area (TPSA) is 88.6 Å². The van der Waals surface area contributed by atoms with Gasteiger partial charge in [0.25, 0.3) is 0 Å². The van der Waals surface area contributed by atoms with Crippen molar-refractivity contribution in [2.75, 3.05) is 25.0 Å². The van der Waals surface area contributed by atoms with Crippen molar-refractivity contribution in [2.45, 2.75) is 32.6 Å². The van der Waals surface area contributed by atoms with Crippen LogP contribution in [0.25, 0.3) is 11.3 Å². The summed E-state index contributed by atoms with van der Waals surface area (Å²) in [5.74, 6) is -0.541. The summed E-state index contributed by atoms with van der Waals surface area (Å²) in [6.07, 6.45) is 3.48. The summed E-state index contributed by atoms with van der Waals surface area (Å²) < 4.78 is 5.17. The van der Waals surface area contributed by atoms with Crippen molar-refractivity contribution >= 4 is 34.3 Å². The number of anilines is 1. The van der Waals surface area contributed by atoms with Crippen molar-refractivity contribution in [2.24, 2.45) is 11.8 Å². The maximum Gasteiger partial charge on any atom is 0.350 e. The fourth-order valence-electron chi connectivity index (χ4n) is 3.69. The van der Waals surface area contributed by atoms with Crippen LogP contribution >= 0.6 is 11.3 Å².